The smallest absolute Gasteiger partial charge is 0.240 e. The predicted molar refractivity (Wildman–Crippen MR) is 127 cm³/mol. The first-order valence-electron chi connectivity index (χ1n) is 10.4. The molecule has 1 amide bonds. The molecular weight excluding hydrogens is 497 g/mol. The second-order valence-corrected chi connectivity index (χ2v) is 11.0. The van der Waals surface area contributed by atoms with Crippen LogP contribution >= 0.6 is 15.9 Å². The van der Waals surface area contributed by atoms with Crippen molar-refractivity contribution in [3.8, 4) is 0 Å². The first-order valence-corrected chi connectivity index (χ1v) is 12.7. The van der Waals surface area contributed by atoms with Gasteiger partial charge < -0.3 is 10.6 Å². The summed E-state index contributed by atoms with van der Waals surface area (Å²) in [5, 5.41) is 5.95. The van der Waals surface area contributed by atoms with E-state index in [1.54, 1.807) is 12.1 Å². The van der Waals surface area contributed by atoms with Gasteiger partial charge in [0.1, 0.15) is 5.82 Å². The third kappa shape index (κ3) is 4.09. The van der Waals surface area contributed by atoms with Crippen molar-refractivity contribution in [1.82, 2.24) is 4.72 Å². The van der Waals surface area contributed by atoms with Gasteiger partial charge in [0.15, 0.2) is 0 Å². The molecule has 2 aliphatic rings. The number of hydrogen-bond donors (Lipinski definition) is 3. The van der Waals surface area contributed by atoms with Crippen LogP contribution in [0.2, 0.25) is 0 Å². The molecule has 0 spiro atoms. The molecule has 0 aromatic heterocycles. The summed E-state index contributed by atoms with van der Waals surface area (Å²) < 4.78 is 43.7. The van der Waals surface area contributed by atoms with E-state index < -0.39 is 15.4 Å². The second kappa shape index (κ2) is 8.61. The molecule has 32 heavy (non-hydrogen) atoms. The van der Waals surface area contributed by atoms with Crippen molar-refractivity contribution in [2.75, 3.05) is 17.2 Å². The van der Waals surface area contributed by atoms with Gasteiger partial charge in [-0.3, -0.25) is 4.79 Å². The largest absolute Gasteiger partial charge is 0.378 e. The Labute approximate surface area is 195 Å². The summed E-state index contributed by atoms with van der Waals surface area (Å²) in [6, 6.07) is 9.32. The molecule has 1 aliphatic heterocycles. The Bertz CT molecular complexity index is 1180. The summed E-state index contributed by atoms with van der Waals surface area (Å²) in [4.78, 5) is 11.3. The molecule has 0 bridgehead atoms. The van der Waals surface area contributed by atoms with E-state index in [4.69, 9.17) is 0 Å². The SMILES string of the molecule is C=C1CCC[C@@H]2Nc3c(F)cc(Br)cc3[C@]12CCNS(=O)(=O)c1ccc(NC(C)=O)cc1. The van der Waals surface area contributed by atoms with Gasteiger partial charge in [0.25, 0.3) is 0 Å². The number of amides is 1. The van der Waals surface area contributed by atoms with Crippen LogP contribution < -0.4 is 15.4 Å². The average molecular weight is 522 g/mol. The zero-order chi connectivity index (χ0) is 23.1. The number of halogens is 2. The number of sulfonamides is 1. The van der Waals surface area contributed by atoms with Crippen LogP contribution in [0.1, 0.15) is 38.2 Å². The minimum Gasteiger partial charge on any atom is -0.378 e. The van der Waals surface area contributed by atoms with Gasteiger partial charge in [-0.25, -0.2) is 17.5 Å². The van der Waals surface area contributed by atoms with Crippen molar-refractivity contribution in [2.45, 2.75) is 49.0 Å². The number of carbonyl (C=O) groups excluding carboxylic acids is 1. The highest BCUT2D eigenvalue weighted by Gasteiger charge is 2.50. The fourth-order valence-electron chi connectivity index (χ4n) is 4.93. The lowest BCUT2D eigenvalue weighted by Crippen LogP contribution is -2.45. The summed E-state index contributed by atoms with van der Waals surface area (Å²) >= 11 is 3.39. The van der Waals surface area contributed by atoms with Crippen LogP contribution in [0.3, 0.4) is 0 Å². The number of benzene rings is 2. The van der Waals surface area contributed by atoms with Crippen LogP contribution in [-0.4, -0.2) is 26.9 Å². The summed E-state index contributed by atoms with van der Waals surface area (Å²) in [5.41, 5.74) is 2.31. The molecule has 2 atom stereocenters. The van der Waals surface area contributed by atoms with Crippen LogP contribution in [0.25, 0.3) is 0 Å². The number of fused-ring (bicyclic) bond motifs is 3. The van der Waals surface area contributed by atoms with Crippen molar-refractivity contribution < 1.29 is 17.6 Å². The van der Waals surface area contributed by atoms with Gasteiger partial charge in [-0.2, -0.15) is 0 Å². The molecule has 4 rings (SSSR count). The minimum absolute atomic E-state index is 0.0241. The number of anilines is 2. The molecule has 170 valence electrons. The lowest BCUT2D eigenvalue weighted by atomic mass is 9.63. The number of hydrogen-bond acceptors (Lipinski definition) is 4. The van der Waals surface area contributed by atoms with Crippen molar-refractivity contribution in [2.24, 2.45) is 0 Å². The predicted octanol–water partition coefficient (Wildman–Crippen LogP) is 4.69. The van der Waals surface area contributed by atoms with Crippen molar-refractivity contribution in [3.63, 3.8) is 0 Å². The maximum atomic E-state index is 14.7. The maximum absolute atomic E-state index is 14.7. The van der Waals surface area contributed by atoms with Gasteiger partial charge in [-0.1, -0.05) is 28.1 Å². The summed E-state index contributed by atoms with van der Waals surface area (Å²) in [6.07, 6.45) is 3.11. The quantitative estimate of drug-likeness (QED) is 0.481. The Balaban J connectivity index is 1.56. The van der Waals surface area contributed by atoms with E-state index >= 15 is 0 Å². The van der Waals surface area contributed by atoms with E-state index in [1.807, 2.05) is 6.07 Å². The van der Waals surface area contributed by atoms with E-state index in [1.165, 1.54) is 25.1 Å². The Morgan fingerprint density at radius 2 is 2.03 bits per heavy atom. The zero-order valence-corrected chi connectivity index (χ0v) is 20.1. The van der Waals surface area contributed by atoms with Gasteiger partial charge in [-0.15, -0.1) is 0 Å². The highest BCUT2D eigenvalue weighted by Crippen LogP contribution is 2.54. The fraction of sp³-hybridized carbons (Fsp3) is 0.348. The summed E-state index contributed by atoms with van der Waals surface area (Å²) in [6.45, 7) is 5.87. The number of rotatable bonds is 6. The molecule has 1 saturated carbocycles. The number of nitrogens with one attached hydrogen (secondary N) is 3. The maximum Gasteiger partial charge on any atom is 0.240 e. The Morgan fingerprint density at radius 1 is 1.31 bits per heavy atom. The van der Waals surface area contributed by atoms with Gasteiger partial charge in [0.05, 0.1) is 10.6 Å². The summed E-state index contributed by atoms with van der Waals surface area (Å²) in [7, 11) is -3.75. The van der Waals surface area contributed by atoms with Crippen LogP contribution in [0.5, 0.6) is 0 Å². The molecule has 0 unspecified atom stereocenters. The number of carbonyl (C=O) groups is 1. The van der Waals surface area contributed by atoms with E-state index in [0.717, 1.165) is 30.4 Å². The topological polar surface area (TPSA) is 87.3 Å². The average Bonchev–Trinajstić information content (AvgIpc) is 3.04. The summed E-state index contributed by atoms with van der Waals surface area (Å²) in [5.74, 6) is -0.551. The molecule has 0 radical (unpaired) electrons. The Kier molecular flexibility index (Phi) is 6.17. The van der Waals surface area contributed by atoms with E-state index in [0.29, 0.717) is 22.3 Å². The molecule has 1 aliphatic carbocycles. The Morgan fingerprint density at radius 3 is 2.72 bits per heavy atom. The van der Waals surface area contributed by atoms with Gasteiger partial charge in [-0.05, 0) is 67.6 Å². The fourth-order valence-corrected chi connectivity index (χ4v) is 6.39. The normalized spacial score (nSPS) is 22.1. The highest BCUT2D eigenvalue weighted by molar-refractivity contribution is 9.10. The van der Waals surface area contributed by atoms with E-state index in [2.05, 4.69) is 37.9 Å². The highest BCUT2D eigenvalue weighted by atomic mass is 79.9. The third-order valence-electron chi connectivity index (χ3n) is 6.35. The van der Waals surface area contributed by atoms with Crippen molar-refractivity contribution >= 4 is 43.2 Å². The molecule has 1 fully saturated rings. The van der Waals surface area contributed by atoms with Crippen LogP contribution in [0, 0.1) is 5.82 Å². The molecule has 1 heterocycles. The molecule has 6 nitrogen and oxygen atoms in total. The second-order valence-electron chi connectivity index (χ2n) is 8.33. The Hall–Kier alpha value is -2.23. The lowest BCUT2D eigenvalue weighted by molar-refractivity contribution is -0.114. The standard InChI is InChI=1S/C23H25BrFN3O3S/c1-14-4-3-5-21-23(14,19-12-16(24)13-20(25)22(19)28-21)10-11-26-32(30,31)18-8-6-17(7-9-18)27-15(2)29/h6-9,12-13,21,26,28H,1,3-5,10-11H2,2H3,(H,27,29)/t21-,23-/m0/s1. The van der Waals surface area contributed by atoms with Crippen molar-refractivity contribution in [1.29, 1.82) is 0 Å². The van der Waals surface area contributed by atoms with Crippen LogP contribution in [0.15, 0.2) is 57.9 Å². The zero-order valence-electron chi connectivity index (χ0n) is 17.7. The molecule has 9 heteroatoms. The van der Waals surface area contributed by atoms with Crippen LogP contribution in [0.4, 0.5) is 15.8 Å². The monoisotopic (exact) mass is 521 g/mol. The molecule has 2 aromatic carbocycles. The molecule has 2 aromatic rings. The van der Waals surface area contributed by atoms with Crippen molar-refractivity contribution in [3.05, 3.63) is 64.4 Å². The third-order valence-corrected chi connectivity index (χ3v) is 8.28. The van der Waals surface area contributed by atoms with Gasteiger partial charge >= 0.3 is 0 Å². The first kappa shape index (κ1) is 22.9. The van der Waals surface area contributed by atoms with Crippen LogP contribution in [-0.2, 0) is 20.2 Å². The van der Waals surface area contributed by atoms with Gasteiger partial charge in [0, 0.05) is 35.1 Å². The lowest BCUT2D eigenvalue weighted by Gasteiger charge is -2.42. The van der Waals surface area contributed by atoms with E-state index in [-0.39, 0.29) is 29.2 Å². The first-order chi connectivity index (χ1) is 15.1. The minimum atomic E-state index is -3.75. The van der Waals surface area contributed by atoms with Gasteiger partial charge in [0.2, 0.25) is 15.9 Å². The molecule has 0 saturated heterocycles. The molecular formula is C23H25BrFN3O3S. The molecule has 3 N–H and O–H groups in total. The van der Waals surface area contributed by atoms with E-state index in [9.17, 15) is 17.6 Å².